The summed E-state index contributed by atoms with van der Waals surface area (Å²) in [4.78, 5) is 22.6. The van der Waals surface area contributed by atoms with E-state index >= 15 is 0 Å². The predicted molar refractivity (Wildman–Crippen MR) is 75.0 cm³/mol. The Bertz CT molecular complexity index is 492. The van der Waals surface area contributed by atoms with Crippen LogP contribution in [0.4, 0.5) is 0 Å². The van der Waals surface area contributed by atoms with Gasteiger partial charge in [0.1, 0.15) is 0 Å². The predicted octanol–water partition coefficient (Wildman–Crippen LogP) is 0.227. The fraction of sp³-hybridized carbons (Fsp3) is 0.727. The standard InChI is InChI=1S/C11H21N5O2S/c1-7(2)16-9(18)14-15-10(16)19-6-4-5-11(3,13)8(12)17/h7H,4-6,13H2,1-3H3,(H2,12,17)(H,14,18). The number of aromatic nitrogens is 3. The maximum absolute atomic E-state index is 11.5. The van der Waals surface area contributed by atoms with Crippen molar-refractivity contribution in [2.75, 3.05) is 5.75 Å². The number of H-pyrrole nitrogens is 1. The van der Waals surface area contributed by atoms with Crippen LogP contribution in [-0.2, 0) is 4.79 Å². The number of hydrogen-bond acceptors (Lipinski definition) is 5. The van der Waals surface area contributed by atoms with Gasteiger partial charge in [-0.05, 0) is 33.6 Å². The highest BCUT2D eigenvalue weighted by Crippen LogP contribution is 2.19. The topological polar surface area (TPSA) is 120 Å². The largest absolute Gasteiger partial charge is 0.368 e. The molecule has 0 aliphatic carbocycles. The highest BCUT2D eigenvalue weighted by atomic mass is 32.2. The van der Waals surface area contributed by atoms with Gasteiger partial charge in [0.05, 0.1) is 5.54 Å². The van der Waals surface area contributed by atoms with Crippen molar-refractivity contribution in [3.8, 4) is 0 Å². The van der Waals surface area contributed by atoms with E-state index in [4.69, 9.17) is 11.5 Å². The zero-order valence-electron chi connectivity index (χ0n) is 11.5. The van der Waals surface area contributed by atoms with Crippen molar-refractivity contribution in [1.82, 2.24) is 14.8 Å². The summed E-state index contributed by atoms with van der Waals surface area (Å²) in [6.07, 6.45) is 1.23. The molecule has 7 nitrogen and oxygen atoms in total. The van der Waals surface area contributed by atoms with Crippen molar-refractivity contribution in [2.24, 2.45) is 11.5 Å². The minimum Gasteiger partial charge on any atom is -0.368 e. The van der Waals surface area contributed by atoms with Gasteiger partial charge < -0.3 is 11.5 Å². The van der Waals surface area contributed by atoms with E-state index in [1.54, 1.807) is 11.5 Å². The van der Waals surface area contributed by atoms with E-state index in [0.29, 0.717) is 11.6 Å². The fourth-order valence-electron chi connectivity index (χ4n) is 1.57. The van der Waals surface area contributed by atoms with Crippen molar-refractivity contribution >= 4 is 17.7 Å². The van der Waals surface area contributed by atoms with Gasteiger partial charge in [0, 0.05) is 11.8 Å². The number of thioether (sulfide) groups is 1. The molecule has 1 aromatic rings. The number of nitrogens with one attached hydrogen (secondary N) is 1. The maximum Gasteiger partial charge on any atom is 0.344 e. The Hall–Kier alpha value is -1.28. The second kappa shape index (κ2) is 6.25. The highest BCUT2D eigenvalue weighted by Gasteiger charge is 2.24. The summed E-state index contributed by atoms with van der Waals surface area (Å²) in [6.45, 7) is 5.47. The zero-order valence-corrected chi connectivity index (χ0v) is 12.3. The van der Waals surface area contributed by atoms with E-state index in [1.807, 2.05) is 13.8 Å². The lowest BCUT2D eigenvalue weighted by atomic mass is 9.97. The van der Waals surface area contributed by atoms with E-state index in [-0.39, 0.29) is 11.7 Å². The Kier molecular flexibility index (Phi) is 5.19. The Morgan fingerprint density at radius 1 is 1.58 bits per heavy atom. The lowest BCUT2D eigenvalue weighted by Gasteiger charge is -2.19. The number of amides is 1. The van der Waals surface area contributed by atoms with E-state index < -0.39 is 11.4 Å². The lowest BCUT2D eigenvalue weighted by Crippen LogP contribution is -2.49. The van der Waals surface area contributed by atoms with Gasteiger partial charge in [0.25, 0.3) is 0 Å². The quantitative estimate of drug-likeness (QED) is 0.489. The molecule has 1 heterocycles. The molecule has 0 spiro atoms. The van der Waals surface area contributed by atoms with Crippen molar-refractivity contribution in [3.05, 3.63) is 10.5 Å². The van der Waals surface area contributed by atoms with E-state index in [0.717, 1.165) is 12.2 Å². The summed E-state index contributed by atoms with van der Waals surface area (Å²) < 4.78 is 1.60. The Morgan fingerprint density at radius 3 is 2.74 bits per heavy atom. The molecule has 0 aromatic carbocycles. The molecule has 0 bridgehead atoms. The summed E-state index contributed by atoms with van der Waals surface area (Å²) in [5, 5.41) is 7.05. The zero-order chi connectivity index (χ0) is 14.6. The molecule has 0 aliphatic rings. The van der Waals surface area contributed by atoms with Gasteiger partial charge in [0.15, 0.2) is 5.16 Å². The summed E-state index contributed by atoms with van der Waals surface area (Å²) in [5.74, 6) is 0.216. The van der Waals surface area contributed by atoms with Crippen LogP contribution >= 0.6 is 11.8 Å². The molecule has 1 rings (SSSR count). The molecule has 19 heavy (non-hydrogen) atoms. The smallest absolute Gasteiger partial charge is 0.344 e. The second-order valence-corrected chi connectivity index (χ2v) is 6.07. The number of primary amides is 1. The van der Waals surface area contributed by atoms with E-state index in [9.17, 15) is 9.59 Å². The lowest BCUT2D eigenvalue weighted by molar-refractivity contribution is -0.122. The number of aromatic amines is 1. The molecule has 1 atom stereocenters. The first-order valence-corrected chi connectivity index (χ1v) is 7.12. The van der Waals surface area contributed by atoms with Crippen LogP contribution in [0.15, 0.2) is 9.95 Å². The molecular weight excluding hydrogens is 266 g/mol. The number of hydrogen-bond donors (Lipinski definition) is 3. The molecule has 108 valence electrons. The third-order valence-corrected chi connectivity index (χ3v) is 3.86. The summed E-state index contributed by atoms with van der Waals surface area (Å²) >= 11 is 1.46. The normalized spacial score (nSPS) is 14.6. The van der Waals surface area contributed by atoms with Crippen LogP contribution in [0.3, 0.4) is 0 Å². The average molecular weight is 287 g/mol. The number of nitrogens with two attached hydrogens (primary N) is 2. The van der Waals surface area contributed by atoms with Crippen molar-refractivity contribution in [1.29, 1.82) is 0 Å². The number of carbonyl (C=O) groups is 1. The van der Waals surface area contributed by atoms with Crippen LogP contribution in [0, 0.1) is 0 Å². The third kappa shape index (κ3) is 4.10. The monoisotopic (exact) mass is 287 g/mol. The first-order valence-electron chi connectivity index (χ1n) is 6.14. The SMILES string of the molecule is CC(C)n1c(SCCCC(C)(N)C(N)=O)n[nH]c1=O. The van der Waals surface area contributed by atoms with Gasteiger partial charge in [-0.25, -0.2) is 9.89 Å². The van der Waals surface area contributed by atoms with Crippen LogP contribution in [0.5, 0.6) is 0 Å². The van der Waals surface area contributed by atoms with Crippen LogP contribution in [0.2, 0.25) is 0 Å². The first-order chi connectivity index (χ1) is 8.75. The molecule has 1 amide bonds. The van der Waals surface area contributed by atoms with Gasteiger partial charge in [-0.15, -0.1) is 5.10 Å². The van der Waals surface area contributed by atoms with E-state index in [2.05, 4.69) is 10.2 Å². The van der Waals surface area contributed by atoms with Gasteiger partial charge in [0.2, 0.25) is 5.91 Å². The summed E-state index contributed by atoms with van der Waals surface area (Å²) in [7, 11) is 0. The number of nitrogens with zero attached hydrogens (tertiary/aromatic N) is 2. The third-order valence-electron chi connectivity index (χ3n) is 2.82. The molecule has 0 saturated carbocycles. The molecule has 0 aliphatic heterocycles. The minimum absolute atomic E-state index is 0.0548. The van der Waals surface area contributed by atoms with Crippen molar-refractivity contribution in [3.63, 3.8) is 0 Å². The summed E-state index contributed by atoms with van der Waals surface area (Å²) in [6, 6.07) is 0.0548. The molecule has 5 N–H and O–H groups in total. The molecule has 1 aromatic heterocycles. The molecule has 0 radical (unpaired) electrons. The number of rotatable bonds is 7. The van der Waals surface area contributed by atoms with E-state index in [1.165, 1.54) is 11.8 Å². The number of carbonyl (C=O) groups excluding carboxylic acids is 1. The van der Waals surface area contributed by atoms with Gasteiger partial charge >= 0.3 is 5.69 Å². The molecule has 0 fully saturated rings. The Balaban J connectivity index is 2.51. The van der Waals surface area contributed by atoms with Gasteiger partial charge in [-0.1, -0.05) is 11.8 Å². The fourth-order valence-corrected chi connectivity index (χ4v) is 2.59. The van der Waals surface area contributed by atoms with Crippen LogP contribution in [0.1, 0.15) is 39.7 Å². The van der Waals surface area contributed by atoms with Crippen LogP contribution in [0.25, 0.3) is 0 Å². The molecule has 0 saturated heterocycles. The van der Waals surface area contributed by atoms with Crippen LogP contribution < -0.4 is 17.2 Å². The minimum atomic E-state index is -0.982. The molecular formula is C11H21N5O2S. The maximum atomic E-state index is 11.5. The van der Waals surface area contributed by atoms with Crippen molar-refractivity contribution in [2.45, 2.75) is 50.4 Å². The molecule has 1 unspecified atom stereocenters. The summed E-state index contributed by atoms with van der Waals surface area (Å²) in [5.41, 5.74) is 9.77. The Morgan fingerprint density at radius 2 is 2.21 bits per heavy atom. The van der Waals surface area contributed by atoms with Gasteiger partial charge in [-0.3, -0.25) is 9.36 Å². The van der Waals surface area contributed by atoms with Gasteiger partial charge in [-0.2, -0.15) is 0 Å². The Labute approximate surface area is 116 Å². The first kappa shape index (κ1) is 15.8. The van der Waals surface area contributed by atoms with Crippen LogP contribution in [-0.4, -0.2) is 32.0 Å². The van der Waals surface area contributed by atoms with Crippen molar-refractivity contribution < 1.29 is 4.79 Å². The average Bonchev–Trinajstić information content (AvgIpc) is 2.66. The molecule has 8 heteroatoms. The highest BCUT2D eigenvalue weighted by molar-refractivity contribution is 7.99. The second-order valence-electron chi connectivity index (χ2n) is 5.01.